The van der Waals surface area contributed by atoms with Gasteiger partial charge in [-0.15, -0.1) is 0 Å². The maximum absolute atomic E-state index is 13.2. The van der Waals surface area contributed by atoms with Crippen molar-refractivity contribution in [2.45, 2.75) is 112 Å². The highest BCUT2D eigenvalue weighted by atomic mass is 35.5. The SMILES string of the molecule is C=C(C)[C@@H]1CC[C@]2(COC(=O)c3ccc(Cl)c(Cl)c3)CC[C@]3(C)[C@H](CC[C@@H]4[C@@]5(C)CC[C@H](O)C(C)(C)[C@@H]5CC[C@]43C)[C@@H]12. The molecule has 0 saturated heterocycles. The molecule has 42 heavy (non-hydrogen) atoms. The minimum absolute atomic E-state index is 0.000906. The van der Waals surface area contributed by atoms with E-state index in [2.05, 4.69) is 48.1 Å². The number of aliphatic hydroxyl groups excluding tert-OH is 1. The molecular formula is C37H52Cl2O3. The van der Waals surface area contributed by atoms with Crippen molar-refractivity contribution in [3.8, 4) is 0 Å². The van der Waals surface area contributed by atoms with Crippen LogP contribution in [0.5, 0.6) is 0 Å². The number of esters is 1. The van der Waals surface area contributed by atoms with Gasteiger partial charge in [0.25, 0.3) is 0 Å². The standard InChI is InChI=1S/C37H52Cl2O3/c1-22(2)24-12-17-37(21-42-32(41)23-8-10-26(38)27(39)20-23)19-18-35(6)25(31(24)37)9-11-29-34(5)15-14-30(40)33(3,4)28(34)13-16-36(29,35)7/h8,10,20,24-25,28-31,40H,1,9,11-19,21H2,2-7H3/t24-,25+,28-,29+,30-,31+,34-,35+,36+,37+/m0/s1. The number of hydrogen-bond donors (Lipinski definition) is 1. The van der Waals surface area contributed by atoms with Gasteiger partial charge in [-0.1, -0.05) is 70.0 Å². The monoisotopic (exact) mass is 614 g/mol. The average Bonchev–Trinajstić information content (AvgIpc) is 3.32. The molecule has 5 aliphatic carbocycles. The lowest BCUT2D eigenvalue weighted by Gasteiger charge is -2.73. The van der Waals surface area contributed by atoms with Crippen molar-refractivity contribution >= 4 is 29.2 Å². The summed E-state index contributed by atoms with van der Waals surface area (Å²) in [6.07, 6.45) is 11.4. The molecule has 6 rings (SSSR count). The Morgan fingerprint density at radius 3 is 2.33 bits per heavy atom. The third-order valence-electron chi connectivity index (χ3n) is 14.9. The van der Waals surface area contributed by atoms with Crippen molar-refractivity contribution in [1.82, 2.24) is 0 Å². The van der Waals surface area contributed by atoms with Gasteiger partial charge in [-0.05, 0) is 141 Å². The number of rotatable bonds is 4. The summed E-state index contributed by atoms with van der Waals surface area (Å²) in [7, 11) is 0. The average molecular weight is 616 g/mol. The zero-order valence-electron chi connectivity index (χ0n) is 26.7. The van der Waals surface area contributed by atoms with Gasteiger partial charge >= 0.3 is 5.97 Å². The molecule has 5 fully saturated rings. The molecule has 5 saturated carbocycles. The summed E-state index contributed by atoms with van der Waals surface area (Å²) >= 11 is 12.3. The van der Waals surface area contributed by atoms with Crippen molar-refractivity contribution in [2.24, 2.45) is 56.7 Å². The van der Waals surface area contributed by atoms with Crippen LogP contribution in [0.3, 0.4) is 0 Å². The molecule has 1 aromatic carbocycles. The normalized spacial score (nSPS) is 45.6. The molecule has 0 radical (unpaired) electrons. The summed E-state index contributed by atoms with van der Waals surface area (Å²) in [6, 6.07) is 5.00. The second-order valence-corrected chi connectivity index (χ2v) is 17.4. The Bertz CT molecular complexity index is 1270. The highest BCUT2D eigenvalue weighted by Gasteiger charge is 2.71. The molecule has 0 spiro atoms. The van der Waals surface area contributed by atoms with E-state index < -0.39 is 0 Å². The predicted molar refractivity (Wildman–Crippen MR) is 172 cm³/mol. The van der Waals surface area contributed by atoms with Crippen LogP contribution in [0.2, 0.25) is 10.0 Å². The fraction of sp³-hybridized carbons (Fsp3) is 0.757. The molecule has 0 amide bonds. The highest BCUT2D eigenvalue weighted by Crippen LogP contribution is 2.77. The van der Waals surface area contributed by atoms with E-state index in [1.54, 1.807) is 18.2 Å². The first-order chi connectivity index (χ1) is 19.6. The first kappa shape index (κ1) is 31.0. The first-order valence-corrected chi connectivity index (χ1v) is 17.3. The Kier molecular flexibility index (Phi) is 7.56. The maximum atomic E-state index is 13.2. The van der Waals surface area contributed by atoms with Crippen molar-refractivity contribution in [3.05, 3.63) is 46.0 Å². The first-order valence-electron chi connectivity index (χ1n) is 16.6. The number of fused-ring (bicyclic) bond motifs is 7. The second kappa shape index (κ2) is 10.2. The number of aliphatic hydroxyl groups is 1. The Morgan fingerprint density at radius 1 is 0.905 bits per heavy atom. The summed E-state index contributed by atoms with van der Waals surface area (Å²) in [5.74, 6) is 2.52. The van der Waals surface area contributed by atoms with Gasteiger partial charge in [-0.3, -0.25) is 0 Å². The quantitative estimate of drug-likeness (QED) is 0.271. The van der Waals surface area contributed by atoms with Crippen LogP contribution < -0.4 is 0 Å². The van der Waals surface area contributed by atoms with Gasteiger partial charge < -0.3 is 9.84 Å². The fourth-order valence-electron chi connectivity index (χ4n) is 12.4. The maximum Gasteiger partial charge on any atom is 0.338 e. The van der Waals surface area contributed by atoms with Gasteiger partial charge in [0, 0.05) is 5.41 Å². The van der Waals surface area contributed by atoms with Crippen LogP contribution in [0.25, 0.3) is 0 Å². The molecule has 1 aromatic rings. The number of carbonyl (C=O) groups excluding carboxylic acids is 1. The summed E-state index contributed by atoms with van der Waals surface area (Å²) in [5, 5.41) is 11.9. The minimum atomic E-state index is -0.308. The van der Waals surface area contributed by atoms with E-state index in [1.807, 2.05) is 0 Å². The van der Waals surface area contributed by atoms with E-state index in [1.165, 1.54) is 37.7 Å². The number of allylic oxidation sites excluding steroid dienone is 1. The second-order valence-electron chi connectivity index (χ2n) is 16.6. The van der Waals surface area contributed by atoms with Crippen molar-refractivity contribution in [3.63, 3.8) is 0 Å². The van der Waals surface area contributed by atoms with Gasteiger partial charge in [0.05, 0.1) is 28.3 Å². The Balaban J connectivity index is 1.31. The van der Waals surface area contributed by atoms with Gasteiger partial charge in [0.1, 0.15) is 0 Å². The van der Waals surface area contributed by atoms with Gasteiger partial charge in [-0.25, -0.2) is 4.79 Å². The fourth-order valence-corrected chi connectivity index (χ4v) is 12.7. The third kappa shape index (κ3) is 4.25. The molecule has 0 unspecified atom stereocenters. The molecular weight excluding hydrogens is 563 g/mol. The van der Waals surface area contributed by atoms with Crippen LogP contribution in [0, 0.1) is 56.7 Å². The van der Waals surface area contributed by atoms with Crippen LogP contribution in [0.4, 0.5) is 0 Å². The van der Waals surface area contributed by atoms with E-state index in [0.717, 1.165) is 32.1 Å². The molecule has 232 valence electrons. The van der Waals surface area contributed by atoms with E-state index in [-0.39, 0.29) is 39.1 Å². The van der Waals surface area contributed by atoms with Gasteiger partial charge in [-0.2, -0.15) is 0 Å². The predicted octanol–water partition coefficient (Wildman–Crippen LogP) is 10.2. The Labute approximate surface area is 264 Å². The Hall–Kier alpha value is -1.03. The number of carbonyl (C=O) groups is 1. The Morgan fingerprint density at radius 2 is 1.64 bits per heavy atom. The van der Waals surface area contributed by atoms with Crippen LogP contribution >= 0.6 is 23.2 Å². The van der Waals surface area contributed by atoms with Crippen LogP contribution in [-0.2, 0) is 4.74 Å². The molecule has 10 atom stereocenters. The zero-order chi connectivity index (χ0) is 30.5. The summed E-state index contributed by atoms with van der Waals surface area (Å²) < 4.78 is 6.17. The summed E-state index contributed by atoms with van der Waals surface area (Å²) in [6.45, 7) is 19.8. The molecule has 5 heteroatoms. The van der Waals surface area contributed by atoms with Gasteiger partial charge in [0.2, 0.25) is 0 Å². The van der Waals surface area contributed by atoms with E-state index in [4.69, 9.17) is 27.9 Å². The smallest absolute Gasteiger partial charge is 0.338 e. The van der Waals surface area contributed by atoms with Crippen LogP contribution in [0.1, 0.15) is 116 Å². The molecule has 1 N–H and O–H groups in total. The summed E-state index contributed by atoms with van der Waals surface area (Å²) in [4.78, 5) is 13.2. The summed E-state index contributed by atoms with van der Waals surface area (Å²) in [5.41, 5.74) is 2.52. The lowest BCUT2D eigenvalue weighted by Crippen LogP contribution is -2.66. The number of halogens is 2. The molecule has 0 bridgehead atoms. The van der Waals surface area contributed by atoms with Crippen molar-refractivity contribution < 1.29 is 14.6 Å². The number of benzene rings is 1. The van der Waals surface area contributed by atoms with Crippen molar-refractivity contribution in [2.75, 3.05) is 6.61 Å². The van der Waals surface area contributed by atoms with Crippen LogP contribution in [0.15, 0.2) is 30.4 Å². The van der Waals surface area contributed by atoms with Crippen LogP contribution in [-0.4, -0.2) is 23.8 Å². The lowest BCUT2D eigenvalue weighted by molar-refractivity contribution is -0.249. The number of ether oxygens (including phenoxy) is 1. The largest absolute Gasteiger partial charge is 0.461 e. The zero-order valence-corrected chi connectivity index (χ0v) is 28.2. The molecule has 0 aliphatic heterocycles. The topological polar surface area (TPSA) is 46.5 Å². The van der Waals surface area contributed by atoms with E-state index >= 15 is 0 Å². The molecule has 5 aliphatic rings. The lowest BCUT2D eigenvalue weighted by atomic mass is 9.32. The number of hydrogen-bond acceptors (Lipinski definition) is 3. The van der Waals surface area contributed by atoms with E-state index in [9.17, 15) is 9.90 Å². The van der Waals surface area contributed by atoms with Gasteiger partial charge in [0.15, 0.2) is 0 Å². The third-order valence-corrected chi connectivity index (χ3v) is 15.6. The molecule has 3 nitrogen and oxygen atoms in total. The molecule has 0 aromatic heterocycles. The van der Waals surface area contributed by atoms with Crippen molar-refractivity contribution in [1.29, 1.82) is 0 Å². The molecule has 0 heterocycles. The van der Waals surface area contributed by atoms with E-state index in [0.29, 0.717) is 51.8 Å². The highest BCUT2D eigenvalue weighted by molar-refractivity contribution is 6.42. The minimum Gasteiger partial charge on any atom is -0.461 e.